The number of thioether (sulfide) groups is 1. The van der Waals surface area contributed by atoms with E-state index in [0.29, 0.717) is 22.1 Å². The summed E-state index contributed by atoms with van der Waals surface area (Å²) in [5, 5.41) is 1.37. The van der Waals surface area contributed by atoms with Gasteiger partial charge in [0, 0.05) is 10.9 Å². The van der Waals surface area contributed by atoms with E-state index in [4.69, 9.17) is 9.47 Å². The molecule has 116 valence electrons. The van der Waals surface area contributed by atoms with Crippen LogP contribution in [0.5, 0.6) is 11.5 Å². The highest BCUT2D eigenvalue weighted by atomic mass is 32.2. The summed E-state index contributed by atoms with van der Waals surface area (Å²) in [6.07, 6.45) is 1.46. The summed E-state index contributed by atoms with van der Waals surface area (Å²) < 4.78 is 10.4. The van der Waals surface area contributed by atoms with Crippen molar-refractivity contribution in [3.05, 3.63) is 54.4 Å². The molecule has 1 aromatic heterocycles. The van der Waals surface area contributed by atoms with Gasteiger partial charge in [-0.1, -0.05) is 18.2 Å². The number of hydrogen-bond acceptors (Lipinski definition) is 6. The van der Waals surface area contributed by atoms with Crippen LogP contribution in [0.1, 0.15) is 10.4 Å². The van der Waals surface area contributed by atoms with E-state index in [1.165, 1.54) is 13.4 Å². The lowest BCUT2D eigenvalue weighted by Crippen LogP contribution is -1.98. The van der Waals surface area contributed by atoms with Crippen molar-refractivity contribution < 1.29 is 14.3 Å². The Morgan fingerprint density at radius 2 is 1.78 bits per heavy atom. The summed E-state index contributed by atoms with van der Waals surface area (Å²) in [4.78, 5) is 21.0. The SMILES string of the molecule is COc1ccc(C(=O)Sc2ncnc3ccccc23)cc1OC. The Balaban J connectivity index is 1.92. The van der Waals surface area contributed by atoms with Gasteiger partial charge in [-0.05, 0) is 36.0 Å². The maximum atomic E-state index is 12.5. The number of methoxy groups -OCH3 is 2. The van der Waals surface area contributed by atoms with Crippen molar-refractivity contribution in [3.63, 3.8) is 0 Å². The summed E-state index contributed by atoms with van der Waals surface area (Å²) in [5.41, 5.74) is 1.33. The Hall–Kier alpha value is -2.60. The van der Waals surface area contributed by atoms with Crippen molar-refractivity contribution in [3.8, 4) is 11.5 Å². The second kappa shape index (κ2) is 6.66. The summed E-state index contributed by atoms with van der Waals surface area (Å²) >= 11 is 1.07. The first-order valence-corrected chi connectivity index (χ1v) is 7.68. The van der Waals surface area contributed by atoms with Crippen LogP contribution < -0.4 is 9.47 Å². The summed E-state index contributed by atoms with van der Waals surface area (Å²) in [6, 6.07) is 12.7. The first-order chi connectivity index (χ1) is 11.2. The Kier molecular flexibility index (Phi) is 4.43. The number of benzene rings is 2. The number of fused-ring (bicyclic) bond motifs is 1. The molecule has 0 bridgehead atoms. The van der Waals surface area contributed by atoms with Gasteiger partial charge < -0.3 is 9.47 Å². The molecule has 0 aliphatic rings. The number of nitrogens with zero attached hydrogens (tertiary/aromatic N) is 2. The molecule has 0 radical (unpaired) electrons. The van der Waals surface area contributed by atoms with Crippen LogP contribution in [0.25, 0.3) is 10.9 Å². The van der Waals surface area contributed by atoms with Gasteiger partial charge in [-0.2, -0.15) is 0 Å². The van der Waals surface area contributed by atoms with Gasteiger partial charge in [0.2, 0.25) is 5.12 Å². The first-order valence-electron chi connectivity index (χ1n) is 6.87. The third-order valence-electron chi connectivity index (χ3n) is 3.31. The van der Waals surface area contributed by atoms with Gasteiger partial charge in [-0.15, -0.1) is 0 Å². The molecule has 3 rings (SSSR count). The molecule has 0 fully saturated rings. The molecule has 0 saturated carbocycles. The largest absolute Gasteiger partial charge is 0.493 e. The predicted octanol–water partition coefficient (Wildman–Crippen LogP) is 3.58. The molecule has 0 aliphatic carbocycles. The molecule has 3 aromatic rings. The molecule has 2 aromatic carbocycles. The summed E-state index contributed by atoms with van der Waals surface area (Å²) in [5.74, 6) is 1.10. The fourth-order valence-electron chi connectivity index (χ4n) is 2.17. The smallest absolute Gasteiger partial charge is 0.225 e. The lowest BCUT2D eigenvalue weighted by molar-refractivity contribution is 0.108. The zero-order chi connectivity index (χ0) is 16.2. The summed E-state index contributed by atoms with van der Waals surface area (Å²) in [7, 11) is 3.10. The number of aromatic nitrogens is 2. The van der Waals surface area contributed by atoms with E-state index >= 15 is 0 Å². The molecular formula is C17H14N2O3S. The van der Waals surface area contributed by atoms with Crippen LogP contribution in [0.15, 0.2) is 53.8 Å². The Bertz CT molecular complexity index is 862. The average molecular weight is 326 g/mol. The van der Waals surface area contributed by atoms with E-state index in [1.54, 1.807) is 25.3 Å². The van der Waals surface area contributed by atoms with E-state index in [0.717, 1.165) is 22.7 Å². The zero-order valence-corrected chi connectivity index (χ0v) is 13.5. The van der Waals surface area contributed by atoms with Crippen molar-refractivity contribution in [1.82, 2.24) is 9.97 Å². The number of rotatable bonds is 4. The number of ether oxygens (including phenoxy) is 2. The van der Waals surface area contributed by atoms with E-state index in [2.05, 4.69) is 9.97 Å². The third kappa shape index (κ3) is 3.12. The lowest BCUT2D eigenvalue weighted by Gasteiger charge is -2.09. The second-order valence-electron chi connectivity index (χ2n) is 4.66. The molecule has 23 heavy (non-hydrogen) atoms. The van der Waals surface area contributed by atoms with Crippen molar-refractivity contribution in [2.24, 2.45) is 0 Å². The lowest BCUT2D eigenvalue weighted by atomic mass is 10.2. The van der Waals surface area contributed by atoms with Crippen LogP contribution in [0.4, 0.5) is 0 Å². The van der Waals surface area contributed by atoms with E-state index in [1.807, 2.05) is 24.3 Å². The summed E-state index contributed by atoms with van der Waals surface area (Å²) in [6.45, 7) is 0. The minimum atomic E-state index is -0.116. The maximum Gasteiger partial charge on any atom is 0.225 e. The molecule has 0 N–H and O–H groups in total. The second-order valence-corrected chi connectivity index (χ2v) is 5.62. The van der Waals surface area contributed by atoms with Gasteiger partial charge in [0.25, 0.3) is 0 Å². The number of hydrogen-bond donors (Lipinski definition) is 0. The minimum absolute atomic E-state index is 0.116. The van der Waals surface area contributed by atoms with Crippen molar-refractivity contribution >= 4 is 27.8 Å². The van der Waals surface area contributed by atoms with Crippen molar-refractivity contribution in [2.75, 3.05) is 14.2 Å². The number of para-hydroxylation sites is 1. The molecule has 6 heteroatoms. The molecular weight excluding hydrogens is 312 g/mol. The Labute approximate surface area is 137 Å². The molecule has 1 heterocycles. The van der Waals surface area contributed by atoms with E-state index in [-0.39, 0.29) is 5.12 Å². The van der Waals surface area contributed by atoms with Crippen LogP contribution in [0.3, 0.4) is 0 Å². The van der Waals surface area contributed by atoms with Gasteiger partial charge in [0.1, 0.15) is 11.4 Å². The number of carbonyl (C=O) groups is 1. The fraction of sp³-hybridized carbons (Fsp3) is 0.118. The molecule has 0 aliphatic heterocycles. The van der Waals surface area contributed by atoms with Gasteiger partial charge in [-0.25, -0.2) is 9.97 Å². The van der Waals surface area contributed by atoms with Gasteiger partial charge >= 0.3 is 0 Å². The standard InChI is InChI=1S/C17H14N2O3S/c1-21-14-8-7-11(9-15(14)22-2)17(20)23-16-12-5-3-4-6-13(12)18-10-19-16/h3-10H,1-2H3. The van der Waals surface area contributed by atoms with E-state index < -0.39 is 0 Å². The average Bonchev–Trinajstić information content (AvgIpc) is 2.61. The Morgan fingerprint density at radius 1 is 1.00 bits per heavy atom. The highest BCUT2D eigenvalue weighted by molar-refractivity contribution is 8.14. The zero-order valence-electron chi connectivity index (χ0n) is 12.6. The molecule has 0 unspecified atom stereocenters. The fourth-order valence-corrected chi connectivity index (χ4v) is 2.97. The van der Waals surface area contributed by atoms with Crippen LogP contribution in [-0.4, -0.2) is 29.3 Å². The minimum Gasteiger partial charge on any atom is -0.493 e. The van der Waals surface area contributed by atoms with Crippen LogP contribution in [0, 0.1) is 0 Å². The normalized spacial score (nSPS) is 10.5. The molecule has 5 nitrogen and oxygen atoms in total. The van der Waals surface area contributed by atoms with E-state index in [9.17, 15) is 4.79 Å². The van der Waals surface area contributed by atoms with Gasteiger partial charge in [0.15, 0.2) is 11.5 Å². The highest BCUT2D eigenvalue weighted by Crippen LogP contribution is 2.32. The highest BCUT2D eigenvalue weighted by Gasteiger charge is 2.14. The first kappa shape index (κ1) is 15.3. The molecule has 0 atom stereocenters. The van der Waals surface area contributed by atoms with Gasteiger partial charge in [-0.3, -0.25) is 4.79 Å². The van der Waals surface area contributed by atoms with Crippen LogP contribution >= 0.6 is 11.8 Å². The number of carbonyl (C=O) groups excluding carboxylic acids is 1. The van der Waals surface area contributed by atoms with Crippen LogP contribution in [0.2, 0.25) is 0 Å². The topological polar surface area (TPSA) is 61.3 Å². The molecule has 0 spiro atoms. The van der Waals surface area contributed by atoms with Gasteiger partial charge in [0.05, 0.1) is 19.7 Å². The predicted molar refractivity (Wildman–Crippen MR) is 89.3 cm³/mol. The van der Waals surface area contributed by atoms with Crippen molar-refractivity contribution in [2.45, 2.75) is 5.03 Å². The molecule has 0 amide bonds. The van der Waals surface area contributed by atoms with Crippen LogP contribution in [-0.2, 0) is 0 Å². The van der Waals surface area contributed by atoms with Crippen molar-refractivity contribution in [1.29, 1.82) is 0 Å². The monoisotopic (exact) mass is 326 g/mol. The third-order valence-corrected chi connectivity index (χ3v) is 4.25. The molecule has 0 saturated heterocycles. The maximum absolute atomic E-state index is 12.5. The quantitative estimate of drug-likeness (QED) is 0.539. The Morgan fingerprint density at radius 3 is 2.57 bits per heavy atom.